The number of alkyl halides is 3. The number of thiazole rings is 1. The number of aromatic nitrogens is 3. The molecule has 2 heterocycles. The van der Waals surface area contributed by atoms with Crippen molar-refractivity contribution in [2.75, 3.05) is 11.1 Å². The van der Waals surface area contributed by atoms with Crippen LogP contribution in [0.1, 0.15) is 23.7 Å². The number of hydrogen-bond donors (Lipinski definition) is 1. The molecule has 5 nitrogen and oxygen atoms in total. The first-order chi connectivity index (χ1) is 13.3. The van der Waals surface area contributed by atoms with Gasteiger partial charge in [0.15, 0.2) is 5.13 Å². The van der Waals surface area contributed by atoms with Crippen molar-refractivity contribution >= 4 is 33.5 Å². The average Bonchev–Trinajstić information content (AvgIpc) is 3.24. The standard InChI is InChI=1S/C17H12F4N4OS2/c1-2-27-16(26)24-15-23-10-6-8-7-22-25(13(8)14(10)28-15)11-5-3-4-9(18)12(11)17(19,20)21/h3-5,7H,2,6H2,1H3,(H,23,24,26). The summed E-state index contributed by atoms with van der Waals surface area (Å²) in [6.07, 6.45) is -3.03. The van der Waals surface area contributed by atoms with Crippen molar-refractivity contribution in [2.45, 2.75) is 19.5 Å². The third-order valence-electron chi connectivity index (χ3n) is 4.10. The van der Waals surface area contributed by atoms with E-state index in [1.807, 2.05) is 6.92 Å². The summed E-state index contributed by atoms with van der Waals surface area (Å²) in [6.45, 7) is 1.84. The van der Waals surface area contributed by atoms with Crippen LogP contribution >= 0.6 is 23.1 Å². The van der Waals surface area contributed by atoms with Crippen molar-refractivity contribution in [2.24, 2.45) is 0 Å². The zero-order chi connectivity index (χ0) is 20.1. The Labute approximate surface area is 164 Å². The molecule has 0 aliphatic heterocycles. The van der Waals surface area contributed by atoms with E-state index in [9.17, 15) is 22.4 Å². The maximum Gasteiger partial charge on any atom is 0.421 e. The van der Waals surface area contributed by atoms with Crippen LogP contribution in [-0.2, 0) is 12.6 Å². The monoisotopic (exact) mass is 428 g/mol. The lowest BCUT2D eigenvalue weighted by Crippen LogP contribution is -2.14. The van der Waals surface area contributed by atoms with Gasteiger partial charge in [0.25, 0.3) is 5.24 Å². The van der Waals surface area contributed by atoms with Crippen LogP contribution in [0.15, 0.2) is 24.4 Å². The Morgan fingerprint density at radius 2 is 2.18 bits per heavy atom. The van der Waals surface area contributed by atoms with Crippen LogP contribution in [-0.4, -0.2) is 25.8 Å². The Morgan fingerprint density at radius 1 is 1.39 bits per heavy atom. The highest BCUT2D eigenvalue weighted by Gasteiger charge is 2.39. The van der Waals surface area contributed by atoms with Crippen molar-refractivity contribution in [3.8, 4) is 16.3 Å². The molecule has 28 heavy (non-hydrogen) atoms. The molecule has 1 N–H and O–H groups in total. The van der Waals surface area contributed by atoms with E-state index < -0.39 is 17.6 Å². The zero-order valence-corrected chi connectivity index (χ0v) is 15.9. The van der Waals surface area contributed by atoms with Crippen molar-refractivity contribution in [1.82, 2.24) is 14.8 Å². The van der Waals surface area contributed by atoms with E-state index in [0.717, 1.165) is 33.8 Å². The van der Waals surface area contributed by atoms with Gasteiger partial charge in [0.2, 0.25) is 0 Å². The van der Waals surface area contributed by atoms with Crippen molar-refractivity contribution in [3.63, 3.8) is 0 Å². The number of amides is 1. The number of halogens is 4. The van der Waals surface area contributed by atoms with Crippen molar-refractivity contribution in [3.05, 3.63) is 47.0 Å². The molecule has 0 unspecified atom stereocenters. The minimum absolute atomic E-state index is 0.256. The Kier molecular flexibility index (Phi) is 4.66. The van der Waals surface area contributed by atoms with E-state index in [2.05, 4.69) is 15.4 Å². The fourth-order valence-corrected chi connectivity index (χ4v) is 4.59. The van der Waals surface area contributed by atoms with Crippen LogP contribution in [0.4, 0.5) is 27.5 Å². The molecule has 4 rings (SSSR count). The molecule has 1 aliphatic carbocycles. The van der Waals surface area contributed by atoms with E-state index in [1.165, 1.54) is 18.3 Å². The maximum absolute atomic E-state index is 14.0. The van der Waals surface area contributed by atoms with Gasteiger partial charge in [-0.2, -0.15) is 18.3 Å². The molecular weight excluding hydrogens is 416 g/mol. The van der Waals surface area contributed by atoms with Gasteiger partial charge in [-0.1, -0.05) is 36.1 Å². The molecule has 11 heteroatoms. The molecule has 0 radical (unpaired) electrons. The smallest absolute Gasteiger partial charge is 0.293 e. The summed E-state index contributed by atoms with van der Waals surface area (Å²) in [4.78, 5) is 16.7. The molecule has 2 aromatic heterocycles. The van der Waals surface area contributed by atoms with Crippen LogP contribution in [0.5, 0.6) is 0 Å². The predicted molar refractivity (Wildman–Crippen MR) is 99.6 cm³/mol. The number of anilines is 1. The molecule has 3 aromatic rings. The molecule has 0 saturated heterocycles. The van der Waals surface area contributed by atoms with E-state index in [0.29, 0.717) is 39.1 Å². The summed E-state index contributed by atoms with van der Waals surface area (Å²) in [6, 6.07) is 3.16. The Balaban J connectivity index is 1.79. The normalized spacial score (nSPS) is 12.8. The van der Waals surface area contributed by atoms with E-state index in [1.54, 1.807) is 0 Å². The fourth-order valence-electron chi connectivity index (χ4n) is 3.05. The largest absolute Gasteiger partial charge is 0.421 e. The van der Waals surface area contributed by atoms with E-state index in [4.69, 9.17) is 0 Å². The Hall–Kier alpha value is -2.40. The van der Waals surface area contributed by atoms with Gasteiger partial charge >= 0.3 is 6.18 Å². The third-order valence-corrected chi connectivity index (χ3v) is 5.78. The van der Waals surface area contributed by atoms with Crippen LogP contribution < -0.4 is 5.32 Å². The average molecular weight is 428 g/mol. The quantitative estimate of drug-likeness (QED) is 0.448. The van der Waals surface area contributed by atoms with Gasteiger partial charge in [0, 0.05) is 12.0 Å². The highest BCUT2D eigenvalue weighted by Crippen LogP contribution is 2.45. The summed E-state index contributed by atoms with van der Waals surface area (Å²) >= 11 is 2.25. The molecule has 146 valence electrons. The number of thioether (sulfide) groups is 1. The minimum Gasteiger partial charge on any atom is -0.293 e. The molecule has 1 aromatic carbocycles. The summed E-state index contributed by atoms with van der Waals surface area (Å²) < 4.78 is 55.4. The molecule has 0 atom stereocenters. The van der Waals surface area contributed by atoms with Gasteiger partial charge in [-0.15, -0.1) is 0 Å². The molecule has 0 fully saturated rings. The van der Waals surface area contributed by atoms with E-state index in [-0.39, 0.29) is 10.9 Å². The number of carbonyl (C=O) groups excluding carboxylic acids is 1. The lowest BCUT2D eigenvalue weighted by molar-refractivity contribution is -0.139. The van der Waals surface area contributed by atoms with Crippen LogP contribution in [0.3, 0.4) is 0 Å². The lowest BCUT2D eigenvalue weighted by Gasteiger charge is -2.15. The maximum atomic E-state index is 14.0. The van der Waals surface area contributed by atoms with Crippen molar-refractivity contribution in [1.29, 1.82) is 0 Å². The van der Waals surface area contributed by atoms with Crippen LogP contribution in [0.25, 0.3) is 16.3 Å². The Morgan fingerprint density at radius 3 is 2.89 bits per heavy atom. The highest BCUT2D eigenvalue weighted by atomic mass is 32.2. The molecule has 0 spiro atoms. The lowest BCUT2D eigenvalue weighted by atomic mass is 10.1. The number of hydrogen-bond acceptors (Lipinski definition) is 5. The van der Waals surface area contributed by atoms with Gasteiger partial charge < -0.3 is 0 Å². The first-order valence-electron chi connectivity index (χ1n) is 8.16. The number of rotatable bonds is 3. The zero-order valence-electron chi connectivity index (χ0n) is 14.3. The van der Waals surface area contributed by atoms with Gasteiger partial charge in [0.05, 0.1) is 28.1 Å². The SMILES string of the molecule is CCSC(=O)Nc1nc2c(s1)-c1c(cnn1-c1cccc(F)c1C(F)(F)F)C2. The van der Waals surface area contributed by atoms with Gasteiger partial charge in [-0.3, -0.25) is 10.1 Å². The van der Waals surface area contributed by atoms with E-state index >= 15 is 0 Å². The molecule has 0 bridgehead atoms. The number of fused-ring (bicyclic) bond motifs is 3. The molecule has 0 saturated carbocycles. The van der Waals surface area contributed by atoms with Crippen LogP contribution in [0.2, 0.25) is 0 Å². The van der Waals surface area contributed by atoms with Gasteiger partial charge in [-0.25, -0.2) is 14.1 Å². The first kappa shape index (κ1) is 18.9. The van der Waals surface area contributed by atoms with Gasteiger partial charge in [0.1, 0.15) is 11.4 Å². The second-order valence-corrected chi connectivity index (χ2v) is 8.11. The van der Waals surface area contributed by atoms with Crippen molar-refractivity contribution < 1.29 is 22.4 Å². The number of benzene rings is 1. The molecular formula is C17H12F4N4OS2. The fraction of sp³-hybridized carbons (Fsp3) is 0.235. The van der Waals surface area contributed by atoms with Crippen LogP contribution in [0, 0.1) is 5.82 Å². The minimum atomic E-state index is -4.87. The van der Waals surface area contributed by atoms with Gasteiger partial charge in [-0.05, 0) is 17.9 Å². The summed E-state index contributed by atoms with van der Waals surface area (Å²) in [5.41, 5.74) is 0.0287. The summed E-state index contributed by atoms with van der Waals surface area (Å²) in [5.74, 6) is -0.755. The number of nitrogens with zero attached hydrogens (tertiary/aromatic N) is 3. The molecule has 1 aliphatic rings. The number of carbonyl (C=O) groups is 1. The highest BCUT2D eigenvalue weighted by molar-refractivity contribution is 8.13. The summed E-state index contributed by atoms with van der Waals surface area (Å²) in [5, 5.41) is 6.83. The first-order valence-corrected chi connectivity index (χ1v) is 9.96. The predicted octanol–water partition coefficient (Wildman–Crippen LogP) is 5.34. The third kappa shape index (κ3) is 3.18. The second kappa shape index (κ2) is 6.89. The molecule has 1 amide bonds. The second-order valence-electron chi connectivity index (χ2n) is 5.88. The topological polar surface area (TPSA) is 59.8 Å². The Bertz CT molecular complexity index is 1070. The summed E-state index contributed by atoms with van der Waals surface area (Å²) in [7, 11) is 0. The number of nitrogens with one attached hydrogen (secondary N) is 1.